The maximum absolute atomic E-state index is 12.4. The van der Waals surface area contributed by atoms with Crippen molar-refractivity contribution in [3.05, 3.63) is 69.0 Å². The molecule has 1 aromatic heterocycles. The molecule has 0 spiro atoms. The molecule has 1 atom stereocenters. The lowest BCUT2D eigenvalue weighted by molar-refractivity contribution is -0.127. The number of rotatable bonds is 5. The minimum Gasteiger partial charge on any atom is -0.480 e. The molecule has 0 aliphatic carbocycles. The van der Waals surface area contributed by atoms with Gasteiger partial charge in [-0.05, 0) is 42.7 Å². The molecular weight excluding hydrogens is 380 g/mol. The number of carbonyl (C=O) groups is 1. The number of nitrogens with one attached hydrogen (secondary N) is 1. The van der Waals surface area contributed by atoms with Crippen LogP contribution in [-0.2, 0) is 17.6 Å². The number of ether oxygens (including phenoxy) is 1. The summed E-state index contributed by atoms with van der Waals surface area (Å²) in [6.07, 6.45) is 0.852. The molecule has 3 aromatic rings. The first-order chi connectivity index (χ1) is 13.1. The van der Waals surface area contributed by atoms with Crippen LogP contribution in [0.2, 0.25) is 5.02 Å². The van der Waals surface area contributed by atoms with Crippen LogP contribution >= 0.6 is 22.9 Å². The van der Waals surface area contributed by atoms with Gasteiger partial charge in [-0.2, -0.15) is 0 Å². The van der Waals surface area contributed by atoms with E-state index in [9.17, 15) is 4.79 Å². The third-order valence-corrected chi connectivity index (χ3v) is 5.58. The number of aryl methyl sites for hydroxylation is 1. The van der Waals surface area contributed by atoms with Crippen LogP contribution in [0.4, 0.5) is 0 Å². The summed E-state index contributed by atoms with van der Waals surface area (Å²) in [4.78, 5) is 16.9. The molecule has 0 radical (unpaired) electrons. The second-order valence-corrected chi connectivity index (χ2v) is 8.05. The Balaban J connectivity index is 1.28. The zero-order chi connectivity index (χ0) is 18.8. The number of fused-ring (bicyclic) bond motifs is 1. The van der Waals surface area contributed by atoms with Crippen LogP contribution in [0.3, 0.4) is 0 Å². The summed E-state index contributed by atoms with van der Waals surface area (Å²) in [6.45, 7) is 2.58. The minimum atomic E-state index is -0.478. The van der Waals surface area contributed by atoms with E-state index >= 15 is 0 Å². The SMILES string of the molecule is Cc1nc(-c2ccc(CCNC(=O)C3Cc4cc(Cl)ccc4O3)cc2)cs1. The number of hydrogen-bond donors (Lipinski definition) is 1. The third kappa shape index (κ3) is 4.15. The monoisotopic (exact) mass is 398 g/mol. The van der Waals surface area contributed by atoms with Gasteiger partial charge in [0.25, 0.3) is 5.91 Å². The van der Waals surface area contributed by atoms with E-state index in [-0.39, 0.29) is 5.91 Å². The van der Waals surface area contributed by atoms with Gasteiger partial charge in [-0.25, -0.2) is 4.98 Å². The summed E-state index contributed by atoms with van der Waals surface area (Å²) < 4.78 is 5.72. The van der Waals surface area contributed by atoms with Gasteiger partial charge in [-0.15, -0.1) is 11.3 Å². The Bertz CT molecular complexity index is 969. The molecule has 1 unspecified atom stereocenters. The number of aromatic nitrogens is 1. The second-order valence-electron chi connectivity index (χ2n) is 6.55. The molecule has 1 aliphatic rings. The summed E-state index contributed by atoms with van der Waals surface area (Å²) in [5.74, 6) is 0.657. The van der Waals surface area contributed by atoms with E-state index < -0.39 is 6.10 Å². The molecule has 2 heterocycles. The highest BCUT2D eigenvalue weighted by molar-refractivity contribution is 7.09. The van der Waals surface area contributed by atoms with Crippen molar-refractivity contribution in [1.29, 1.82) is 0 Å². The Morgan fingerprint density at radius 2 is 2.11 bits per heavy atom. The lowest BCUT2D eigenvalue weighted by atomic mass is 10.1. The first-order valence-electron chi connectivity index (χ1n) is 8.83. The number of hydrogen-bond acceptors (Lipinski definition) is 4. The van der Waals surface area contributed by atoms with Gasteiger partial charge in [-0.3, -0.25) is 4.79 Å². The second kappa shape index (κ2) is 7.71. The summed E-state index contributed by atoms with van der Waals surface area (Å²) in [5.41, 5.74) is 4.28. The van der Waals surface area contributed by atoms with Crippen LogP contribution in [0.25, 0.3) is 11.3 Å². The fourth-order valence-electron chi connectivity index (χ4n) is 3.15. The molecular formula is C21H19ClN2O2S. The predicted octanol–water partition coefficient (Wildman–Crippen LogP) is 4.43. The lowest BCUT2D eigenvalue weighted by Crippen LogP contribution is -2.38. The van der Waals surface area contributed by atoms with Gasteiger partial charge in [0.05, 0.1) is 10.7 Å². The van der Waals surface area contributed by atoms with E-state index in [1.807, 2.05) is 19.1 Å². The third-order valence-electron chi connectivity index (χ3n) is 4.57. The van der Waals surface area contributed by atoms with Crippen molar-refractivity contribution < 1.29 is 9.53 Å². The molecule has 27 heavy (non-hydrogen) atoms. The van der Waals surface area contributed by atoms with Gasteiger partial charge in [-0.1, -0.05) is 35.9 Å². The van der Waals surface area contributed by atoms with E-state index in [0.29, 0.717) is 18.0 Å². The maximum Gasteiger partial charge on any atom is 0.261 e. The van der Waals surface area contributed by atoms with Crippen LogP contribution in [0, 0.1) is 6.92 Å². The van der Waals surface area contributed by atoms with Gasteiger partial charge in [0.1, 0.15) is 5.75 Å². The summed E-state index contributed by atoms with van der Waals surface area (Å²) >= 11 is 7.64. The van der Waals surface area contributed by atoms with Gasteiger partial charge < -0.3 is 10.1 Å². The molecule has 0 saturated carbocycles. The summed E-state index contributed by atoms with van der Waals surface area (Å²) in [5, 5.41) is 6.76. The van der Waals surface area contributed by atoms with Crippen LogP contribution < -0.4 is 10.1 Å². The quantitative estimate of drug-likeness (QED) is 0.691. The Labute approximate surface area is 167 Å². The fraction of sp³-hybridized carbons (Fsp3) is 0.238. The van der Waals surface area contributed by atoms with Crippen molar-refractivity contribution in [3.63, 3.8) is 0 Å². The number of carbonyl (C=O) groups excluding carboxylic acids is 1. The normalized spacial score (nSPS) is 15.3. The highest BCUT2D eigenvalue weighted by Crippen LogP contribution is 2.31. The summed E-state index contributed by atoms with van der Waals surface area (Å²) in [6, 6.07) is 13.8. The Morgan fingerprint density at radius 1 is 1.30 bits per heavy atom. The average Bonchev–Trinajstić information content (AvgIpc) is 3.28. The van der Waals surface area contributed by atoms with E-state index in [4.69, 9.17) is 16.3 Å². The number of halogens is 1. The molecule has 4 rings (SSSR count). The van der Waals surface area contributed by atoms with Crippen molar-refractivity contribution in [2.45, 2.75) is 25.9 Å². The lowest BCUT2D eigenvalue weighted by Gasteiger charge is -2.11. The van der Waals surface area contributed by atoms with Crippen LogP contribution in [0.5, 0.6) is 5.75 Å². The smallest absolute Gasteiger partial charge is 0.261 e. The van der Waals surface area contributed by atoms with Gasteiger partial charge >= 0.3 is 0 Å². The molecule has 1 amide bonds. The van der Waals surface area contributed by atoms with Crippen molar-refractivity contribution >= 4 is 28.8 Å². The molecule has 0 saturated heterocycles. The van der Waals surface area contributed by atoms with Gasteiger partial charge in [0.15, 0.2) is 6.10 Å². The zero-order valence-corrected chi connectivity index (χ0v) is 16.4. The standard InChI is InChI=1S/C21H19ClN2O2S/c1-13-24-18(12-27-13)15-4-2-14(3-5-15)8-9-23-21(25)20-11-16-10-17(22)6-7-19(16)26-20/h2-7,10,12,20H,8-9,11H2,1H3,(H,23,25). The van der Waals surface area contributed by atoms with E-state index in [2.05, 4.69) is 39.9 Å². The average molecular weight is 399 g/mol. The number of thiazole rings is 1. The maximum atomic E-state index is 12.4. The Hall–Kier alpha value is -2.37. The number of nitrogens with zero attached hydrogens (tertiary/aromatic N) is 1. The van der Waals surface area contributed by atoms with Crippen LogP contribution in [0.1, 0.15) is 16.1 Å². The molecule has 1 N–H and O–H groups in total. The van der Waals surface area contributed by atoms with Crippen molar-refractivity contribution in [1.82, 2.24) is 10.3 Å². The van der Waals surface area contributed by atoms with Crippen molar-refractivity contribution in [2.24, 2.45) is 0 Å². The molecule has 4 nitrogen and oxygen atoms in total. The van der Waals surface area contributed by atoms with E-state index in [0.717, 1.165) is 34.0 Å². The minimum absolute atomic E-state index is 0.0862. The van der Waals surface area contributed by atoms with Crippen LogP contribution in [-0.4, -0.2) is 23.5 Å². The highest BCUT2D eigenvalue weighted by Gasteiger charge is 2.28. The molecule has 2 aromatic carbocycles. The molecule has 6 heteroatoms. The highest BCUT2D eigenvalue weighted by atomic mass is 35.5. The Kier molecular flexibility index (Phi) is 5.14. The Morgan fingerprint density at radius 3 is 2.85 bits per heavy atom. The van der Waals surface area contributed by atoms with Crippen LogP contribution in [0.15, 0.2) is 47.8 Å². The molecule has 138 valence electrons. The first-order valence-corrected chi connectivity index (χ1v) is 10.1. The molecule has 0 fully saturated rings. The summed E-state index contributed by atoms with van der Waals surface area (Å²) in [7, 11) is 0. The van der Waals surface area contributed by atoms with E-state index in [1.165, 1.54) is 5.56 Å². The van der Waals surface area contributed by atoms with Crippen molar-refractivity contribution in [2.75, 3.05) is 6.54 Å². The van der Waals surface area contributed by atoms with Gasteiger partial charge in [0, 0.05) is 28.9 Å². The van der Waals surface area contributed by atoms with E-state index in [1.54, 1.807) is 17.4 Å². The van der Waals surface area contributed by atoms with Crippen molar-refractivity contribution in [3.8, 4) is 17.0 Å². The van der Waals surface area contributed by atoms with Gasteiger partial charge in [0.2, 0.25) is 0 Å². The first kappa shape index (κ1) is 18.0. The predicted molar refractivity (Wildman–Crippen MR) is 109 cm³/mol. The number of benzene rings is 2. The topological polar surface area (TPSA) is 51.2 Å². The zero-order valence-electron chi connectivity index (χ0n) is 14.9. The molecule has 0 bridgehead atoms. The molecule has 1 aliphatic heterocycles. The fourth-order valence-corrected chi connectivity index (χ4v) is 3.96. The number of amides is 1. The largest absolute Gasteiger partial charge is 0.480 e.